The van der Waals surface area contributed by atoms with Crippen LogP contribution in [0.3, 0.4) is 0 Å². The van der Waals surface area contributed by atoms with Gasteiger partial charge in [0.2, 0.25) is 5.88 Å². The number of carbonyl (C=O) groups is 1. The minimum absolute atomic E-state index is 0.220. The molecule has 6 heteroatoms. The van der Waals surface area contributed by atoms with Crippen LogP contribution in [0.25, 0.3) is 0 Å². The number of aldehydes is 1. The summed E-state index contributed by atoms with van der Waals surface area (Å²) in [7, 11) is 0. The molecule has 1 aromatic heterocycles. The van der Waals surface area contributed by atoms with Gasteiger partial charge in [0.15, 0.2) is 6.29 Å². The van der Waals surface area contributed by atoms with Crippen LogP contribution in [-0.2, 0) is 0 Å². The van der Waals surface area contributed by atoms with E-state index < -0.39 is 12.2 Å². The van der Waals surface area contributed by atoms with Gasteiger partial charge < -0.3 is 4.74 Å². The molecule has 0 aliphatic rings. The summed E-state index contributed by atoms with van der Waals surface area (Å²) in [6.07, 6.45) is -3.38. The summed E-state index contributed by atoms with van der Waals surface area (Å²) in [6.45, 7) is 1.61. The molecule has 0 spiro atoms. The molecule has 1 aromatic rings. The van der Waals surface area contributed by atoms with Crippen molar-refractivity contribution in [2.75, 3.05) is 0 Å². The zero-order valence-electron chi connectivity index (χ0n) is 7.13. The molecule has 0 fully saturated rings. The van der Waals surface area contributed by atoms with Crippen LogP contribution in [0.4, 0.5) is 13.2 Å². The quantitative estimate of drug-likeness (QED) is 0.694. The van der Waals surface area contributed by atoms with Crippen LogP contribution >= 0.6 is 0 Å². The van der Waals surface area contributed by atoms with E-state index in [1.807, 2.05) is 0 Å². The molecule has 14 heavy (non-hydrogen) atoms. The van der Waals surface area contributed by atoms with Gasteiger partial charge in [0.1, 0.15) is 0 Å². The average molecular weight is 205 g/mol. The van der Waals surface area contributed by atoms with Crippen LogP contribution in [0.15, 0.2) is 12.3 Å². The monoisotopic (exact) mass is 205 g/mol. The molecule has 0 amide bonds. The smallest absolute Gasteiger partial charge is 0.387 e. The zero-order valence-corrected chi connectivity index (χ0v) is 7.13. The third-order valence-corrected chi connectivity index (χ3v) is 1.35. The maximum Gasteiger partial charge on any atom is 0.574 e. The van der Waals surface area contributed by atoms with E-state index in [2.05, 4.69) is 9.72 Å². The molecule has 0 aromatic carbocycles. The highest BCUT2D eigenvalue weighted by Gasteiger charge is 2.32. The highest BCUT2D eigenvalue weighted by atomic mass is 19.4. The molecule has 0 atom stereocenters. The number of aryl methyl sites for hydroxylation is 1. The first-order valence-electron chi connectivity index (χ1n) is 3.60. The number of carbonyl (C=O) groups excluding carboxylic acids is 1. The molecule has 3 nitrogen and oxygen atoms in total. The van der Waals surface area contributed by atoms with E-state index in [-0.39, 0.29) is 11.8 Å². The van der Waals surface area contributed by atoms with Gasteiger partial charge in [0.25, 0.3) is 0 Å². The molecule has 0 saturated carbocycles. The van der Waals surface area contributed by atoms with Gasteiger partial charge in [-0.1, -0.05) is 0 Å². The van der Waals surface area contributed by atoms with E-state index >= 15 is 0 Å². The number of hydrogen-bond donors (Lipinski definition) is 0. The van der Waals surface area contributed by atoms with Gasteiger partial charge in [0, 0.05) is 6.20 Å². The Balaban J connectivity index is 3.03. The lowest BCUT2D eigenvalue weighted by atomic mass is 10.2. The summed E-state index contributed by atoms with van der Waals surface area (Å²) in [4.78, 5) is 13.7. The first-order valence-corrected chi connectivity index (χ1v) is 3.60. The lowest BCUT2D eigenvalue weighted by Gasteiger charge is -2.09. The van der Waals surface area contributed by atoms with Crippen molar-refractivity contribution < 1.29 is 22.7 Å². The van der Waals surface area contributed by atoms with E-state index in [4.69, 9.17) is 0 Å². The van der Waals surface area contributed by atoms with Crippen molar-refractivity contribution in [3.05, 3.63) is 23.4 Å². The number of ether oxygens (including phenoxy) is 1. The Morgan fingerprint density at radius 3 is 2.64 bits per heavy atom. The Morgan fingerprint density at radius 1 is 1.50 bits per heavy atom. The first-order chi connectivity index (χ1) is 6.42. The van der Waals surface area contributed by atoms with Gasteiger partial charge >= 0.3 is 6.36 Å². The summed E-state index contributed by atoms with van der Waals surface area (Å²) in [5, 5.41) is 0. The van der Waals surface area contributed by atoms with E-state index in [1.165, 1.54) is 12.3 Å². The third kappa shape index (κ3) is 2.72. The lowest BCUT2D eigenvalue weighted by molar-refractivity contribution is -0.276. The fraction of sp³-hybridized carbons (Fsp3) is 0.250. The van der Waals surface area contributed by atoms with E-state index in [0.29, 0.717) is 5.56 Å². The number of pyridine rings is 1. The van der Waals surface area contributed by atoms with Crippen LogP contribution in [-0.4, -0.2) is 17.6 Å². The van der Waals surface area contributed by atoms with Crippen molar-refractivity contribution in [1.29, 1.82) is 0 Å². The van der Waals surface area contributed by atoms with Crippen LogP contribution < -0.4 is 4.74 Å². The van der Waals surface area contributed by atoms with Crippen molar-refractivity contribution in [3.63, 3.8) is 0 Å². The van der Waals surface area contributed by atoms with Crippen LogP contribution in [0.5, 0.6) is 5.88 Å². The Hall–Kier alpha value is -1.59. The van der Waals surface area contributed by atoms with Gasteiger partial charge in [-0.2, -0.15) is 0 Å². The maximum atomic E-state index is 11.8. The summed E-state index contributed by atoms with van der Waals surface area (Å²) < 4.78 is 38.9. The summed E-state index contributed by atoms with van der Waals surface area (Å²) in [6, 6.07) is 1.26. The molecule has 0 aliphatic heterocycles. The SMILES string of the molecule is Cc1cnc(OC(F)(F)F)c(C=O)c1. The van der Waals surface area contributed by atoms with Crippen molar-refractivity contribution in [3.8, 4) is 5.88 Å². The third-order valence-electron chi connectivity index (χ3n) is 1.35. The van der Waals surface area contributed by atoms with Crippen molar-refractivity contribution in [2.45, 2.75) is 13.3 Å². The molecule has 0 N–H and O–H groups in total. The standard InChI is InChI=1S/C8H6F3NO2/c1-5-2-6(4-13)7(12-3-5)14-8(9,10)11/h2-4H,1H3. The first kappa shape index (κ1) is 10.5. The normalized spacial score (nSPS) is 11.1. The Kier molecular flexibility index (Phi) is 2.73. The van der Waals surface area contributed by atoms with Crippen molar-refractivity contribution >= 4 is 6.29 Å². The second kappa shape index (κ2) is 3.65. The van der Waals surface area contributed by atoms with E-state index in [0.717, 1.165) is 0 Å². The number of rotatable bonds is 2. The van der Waals surface area contributed by atoms with Crippen molar-refractivity contribution in [2.24, 2.45) is 0 Å². The van der Waals surface area contributed by atoms with Gasteiger partial charge in [0.05, 0.1) is 5.56 Å². The van der Waals surface area contributed by atoms with Gasteiger partial charge in [-0.05, 0) is 18.6 Å². The number of nitrogens with zero attached hydrogens (tertiary/aromatic N) is 1. The number of alkyl halides is 3. The van der Waals surface area contributed by atoms with E-state index in [1.54, 1.807) is 6.92 Å². The van der Waals surface area contributed by atoms with Gasteiger partial charge in [-0.3, -0.25) is 4.79 Å². The number of hydrogen-bond acceptors (Lipinski definition) is 3. The highest BCUT2D eigenvalue weighted by Crippen LogP contribution is 2.23. The number of halogens is 3. The van der Waals surface area contributed by atoms with E-state index in [9.17, 15) is 18.0 Å². The Labute approximate surface area is 77.5 Å². The van der Waals surface area contributed by atoms with Gasteiger partial charge in [-0.15, -0.1) is 13.2 Å². The Morgan fingerprint density at radius 2 is 2.14 bits per heavy atom. The fourth-order valence-corrected chi connectivity index (χ4v) is 0.859. The second-order valence-electron chi connectivity index (χ2n) is 2.57. The maximum absolute atomic E-state index is 11.8. The van der Waals surface area contributed by atoms with Crippen molar-refractivity contribution in [1.82, 2.24) is 4.98 Å². The average Bonchev–Trinajstić information content (AvgIpc) is 2.06. The van der Waals surface area contributed by atoms with Crippen LogP contribution in [0, 0.1) is 6.92 Å². The molecule has 0 bridgehead atoms. The summed E-state index contributed by atoms with van der Waals surface area (Å²) in [5.41, 5.74) is 0.365. The van der Waals surface area contributed by atoms with Crippen LogP contribution in [0.1, 0.15) is 15.9 Å². The summed E-state index contributed by atoms with van der Waals surface area (Å²) in [5.74, 6) is -0.724. The zero-order chi connectivity index (χ0) is 10.8. The van der Waals surface area contributed by atoms with Crippen LogP contribution in [0.2, 0.25) is 0 Å². The Bertz CT molecular complexity index is 349. The molecular weight excluding hydrogens is 199 g/mol. The minimum atomic E-state index is -4.83. The molecule has 0 saturated heterocycles. The molecule has 0 radical (unpaired) electrons. The minimum Gasteiger partial charge on any atom is -0.387 e. The molecule has 76 valence electrons. The predicted octanol–water partition coefficient (Wildman–Crippen LogP) is 2.10. The predicted molar refractivity (Wildman–Crippen MR) is 41.0 cm³/mol. The lowest BCUT2D eigenvalue weighted by Crippen LogP contribution is -2.19. The second-order valence-corrected chi connectivity index (χ2v) is 2.57. The largest absolute Gasteiger partial charge is 0.574 e. The molecule has 1 rings (SSSR count). The molecule has 0 aliphatic carbocycles. The molecule has 0 unspecified atom stereocenters. The molecule has 1 heterocycles. The summed E-state index contributed by atoms with van der Waals surface area (Å²) >= 11 is 0. The molecular formula is C8H6F3NO2. The topological polar surface area (TPSA) is 39.2 Å². The fourth-order valence-electron chi connectivity index (χ4n) is 0.859. The number of aromatic nitrogens is 1. The highest BCUT2D eigenvalue weighted by molar-refractivity contribution is 5.78. The van der Waals surface area contributed by atoms with Gasteiger partial charge in [-0.25, -0.2) is 4.98 Å².